The molecule has 0 radical (unpaired) electrons. The largest absolute Gasteiger partial charge is 0.466 e. The van der Waals surface area contributed by atoms with E-state index in [-0.39, 0.29) is 13.0 Å². The van der Waals surface area contributed by atoms with Crippen molar-refractivity contribution in [2.24, 2.45) is 0 Å². The minimum atomic E-state index is -4.55. The van der Waals surface area contributed by atoms with Gasteiger partial charge < -0.3 is 4.74 Å². The van der Waals surface area contributed by atoms with E-state index in [1.54, 1.807) is 20.8 Å². The summed E-state index contributed by atoms with van der Waals surface area (Å²) < 4.78 is 97.1. The van der Waals surface area contributed by atoms with Crippen molar-refractivity contribution in [3.63, 3.8) is 0 Å². The Labute approximate surface area is 208 Å². The normalized spacial score (nSPS) is 14.8. The number of methoxy groups -OCH3 is 1. The average Bonchev–Trinajstić information content (AvgIpc) is 2.78. The van der Waals surface area contributed by atoms with Crippen LogP contribution in [0.2, 0.25) is 0 Å². The van der Waals surface area contributed by atoms with E-state index < -0.39 is 51.2 Å². The van der Waals surface area contributed by atoms with Crippen molar-refractivity contribution < 1.29 is 40.1 Å². The zero-order valence-corrected chi connectivity index (χ0v) is 20.9. The molecule has 2 aromatic carbocycles. The summed E-state index contributed by atoms with van der Waals surface area (Å²) in [5.74, 6) is -0.646. The second-order valence-corrected chi connectivity index (χ2v) is 11.1. The van der Waals surface area contributed by atoms with Gasteiger partial charge >= 0.3 is 18.3 Å². The molecule has 0 saturated carbocycles. The molecule has 0 fully saturated rings. The number of esters is 1. The molecule has 0 saturated heterocycles. The molecule has 4 nitrogen and oxygen atoms in total. The smallest absolute Gasteiger partial charge is 0.416 e. The Balaban J connectivity index is 2.54. The fourth-order valence-electron chi connectivity index (χ4n) is 3.29. The van der Waals surface area contributed by atoms with Crippen molar-refractivity contribution in [3.05, 3.63) is 82.9 Å². The second kappa shape index (κ2) is 11.6. The van der Waals surface area contributed by atoms with E-state index in [2.05, 4.69) is 4.74 Å². The summed E-state index contributed by atoms with van der Waals surface area (Å²) in [5, 5.41) is 0. The quantitative estimate of drug-likeness (QED) is 0.211. The van der Waals surface area contributed by atoms with Gasteiger partial charge in [-0.1, -0.05) is 30.3 Å². The zero-order valence-electron chi connectivity index (χ0n) is 20.1. The minimum Gasteiger partial charge on any atom is -0.466 e. The third kappa shape index (κ3) is 8.19. The lowest BCUT2D eigenvalue weighted by molar-refractivity contribution is -0.138. The summed E-state index contributed by atoms with van der Waals surface area (Å²) in [6, 6.07) is 7.93. The molecule has 0 aliphatic carbocycles. The van der Waals surface area contributed by atoms with E-state index in [0.717, 1.165) is 30.3 Å². The molecule has 2 unspecified atom stereocenters. The van der Waals surface area contributed by atoms with Crippen molar-refractivity contribution in [2.45, 2.75) is 56.9 Å². The van der Waals surface area contributed by atoms with Gasteiger partial charge in [-0.15, -0.1) is 0 Å². The van der Waals surface area contributed by atoms with Gasteiger partial charge in [0.05, 0.1) is 29.0 Å². The molecule has 0 N–H and O–H groups in total. The summed E-state index contributed by atoms with van der Waals surface area (Å²) in [6.07, 6.45) is -6.40. The molecule has 0 amide bonds. The lowest BCUT2D eigenvalue weighted by Crippen LogP contribution is -2.39. The van der Waals surface area contributed by atoms with Crippen LogP contribution in [0, 0.1) is 0 Å². The number of rotatable bonds is 8. The van der Waals surface area contributed by atoms with E-state index in [1.807, 2.05) is 0 Å². The first-order valence-corrected chi connectivity index (χ1v) is 11.9. The molecule has 2 aromatic rings. The van der Waals surface area contributed by atoms with Crippen LogP contribution < -0.4 is 0 Å². The summed E-state index contributed by atoms with van der Waals surface area (Å²) >= 11 is 0. The monoisotopic (exact) mass is 535 g/mol. The molecule has 0 aliphatic rings. The maximum absolute atomic E-state index is 13.6. The number of nitrogens with zero attached hydrogens (tertiary/aromatic N) is 1. The first-order valence-electron chi connectivity index (χ1n) is 10.8. The van der Waals surface area contributed by atoms with E-state index in [0.29, 0.717) is 11.1 Å². The topological polar surface area (TPSA) is 46.6 Å². The SMILES string of the molecule is COC(=O)C=CCC(c1ccc(C(F)(F)F)cc1)N(Cc1ccc(C(F)(F)F)cc1)S(=O)C(C)(C)C. The lowest BCUT2D eigenvalue weighted by atomic mass is 10.0. The van der Waals surface area contributed by atoms with E-state index in [1.165, 1.54) is 41.8 Å². The van der Waals surface area contributed by atoms with Crippen LogP contribution in [0.15, 0.2) is 60.7 Å². The van der Waals surface area contributed by atoms with Crippen LogP contribution in [0.1, 0.15) is 55.5 Å². The highest BCUT2D eigenvalue weighted by Crippen LogP contribution is 2.35. The van der Waals surface area contributed by atoms with Gasteiger partial charge in [-0.25, -0.2) is 13.3 Å². The zero-order chi connectivity index (χ0) is 27.3. The fraction of sp³-hybridized carbons (Fsp3) is 0.400. The first-order chi connectivity index (χ1) is 16.5. The Bertz CT molecular complexity index is 1070. The van der Waals surface area contributed by atoms with Gasteiger partial charge in [-0.2, -0.15) is 26.3 Å². The molecular weight excluding hydrogens is 508 g/mol. The molecule has 0 spiro atoms. The molecule has 11 heteroatoms. The molecule has 0 aliphatic heterocycles. The predicted octanol–water partition coefficient (Wildman–Crippen LogP) is 6.85. The number of alkyl halides is 6. The summed E-state index contributed by atoms with van der Waals surface area (Å²) in [7, 11) is -0.542. The van der Waals surface area contributed by atoms with Gasteiger partial charge in [0.25, 0.3) is 0 Å². The standard InChI is InChI=1S/C25H27F6NO3S/c1-23(2,3)36(34)32(16-17-8-12-19(13-9-17)24(26,27)28)21(6-5-7-22(33)35-4)18-10-14-20(15-11-18)25(29,30)31/h5,7-15,21H,6,16H2,1-4H3. The minimum absolute atomic E-state index is 0.0558. The van der Waals surface area contributed by atoms with Crippen LogP contribution in [-0.4, -0.2) is 26.3 Å². The summed E-state index contributed by atoms with van der Waals surface area (Å²) in [4.78, 5) is 11.6. The number of benzene rings is 2. The van der Waals surface area contributed by atoms with Crippen molar-refractivity contribution >= 4 is 17.0 Å². The molecule has 198 valence electrons. The number of ether oxygens (including phenoxy) is 1. The molecule has 0 heterocycles. The van der Waals surface area contributed by atoms with E-state index in [9.17, 15) is 35.3 Å². The Morgan fingerprint density at radius 2 is 1.39 bits per heavy atom. The number of halogens is 6. The van der Waals surface area contributed by atoms with Gasteiger partial charge in [0.15, 0.2) is 0 Å². The maximum atomic E-state index is 13.6. The van der Waals surface area contributed by atoms with Gasteiger partial charge in [0, 0.05) is 12.6 Å². The van der Waals surface area contributed by atoms with Crippen LogP contribution >= 0.6 is 0 Å². The molecule has 2 rings (SSSR count). The highest BCUT2D eigenvalue weighted by molar-refractivity contribution is 7.84. The number of carbonyl (C=O) groups is 1. The lowest BCUT2D eigenvalue weighted by Gasteiger charge is -2.35. The van der Waals surface area contributed by atoms with E-state index >= 15 is 0 Å². The van der Waals surface area contributed by atoms with Gasteiger partial charge in [0.2, 0.25) is 0 Å². The number of carbonyl (C=O) groups excluding carboxylic acids is 1. The second-order valence-electron chi connectivity index (χ2n) is 8.93. The third-order valence-electron chi connectivity index (χ3n) is 5.14. The van der Waals surface area contributed by atoms with Gasteiger partial charge in [0.1, 0.15) is 11.0 Å². The fourth-order valence-corrected chi connectivity index (χ4v) is 4.70. The van der Waals surface area contributed by atoms with Crippen molar-refractivity contribution in [1.82, 2.24) is 4.31 Å². The number of hydrogen-bond donors (Lipinski definition) is 0. The molecule has 0 bridgehead atoms. The van der Waals surface area contributed by atoms with Crippen molar-refractivity contribution in [2.75, 3.05) is 7.11 Å². The van der Waals surface area contributed by atoms with Crippen LogP contribution in [-0.2, 0) is 39.4 Å². The highest BCUT2D eigenvalue weighted by atomic mass is 32.2. The molecular formula is C25H27F6NO3S. The number of hydrogen-bond acceptors (Lipinski definition) is 3. The Hall–Kier alpha value is -2.66. The van der Waals surface area contributed by atoms with Crippen molar-refractivity contribution in [3.8, 4) is 0 Å². The average molecular weight is 536 g/mol. The van der Waals surface area contributed by atoms with Crippen LogP contribution in [0.25, 0.3) is 0 Å². The first kappa shape index (κ1) is 29.6. The van der Waals surface area contributed by atoms with Gasteiger partial charge in [-0.05, 0) is 62.6 Å². The highest BCUT2D eigenvalue weighted by Gasteiger charge is 2.35. The van der Waals surface area contributed by atoms with Crippen LogP contribution in [0.5, 0.6) is 0 Å². The maximum Gasteiger partial charge on any atom is 0.416 e. The van der Waals surface area contributed by atoms with Crippen LogP contribution in [0.3, 0.4) is 0 Å². The van der Waals surface area contributed by atoms with E-state index in [4.69, 9.17) is 0 Å². The third-order valence-corrected chi connectivity index (χ3v) is 7.00. The van der Waals surface area contributed by atoms with Crippen LogP contribution in [0.4, 0.5) is 26.3 Å². The summed E-state index contributed by atoms with van der Waals surface area (Å²) in [6.45, 7) is 5.06. The Morgan fingerprint density at radius 3 is 1.81 bits per heavy atom. The van der Waals surface area contributed by atoms with Crippen molar-refractivity contribution in [1.29, 1.82) is 0 Å². The predicted molar refractivity (Wildman–Crippen MR) is 125 cm³/mol. The molecule has 2 atom stereocenters. The van der Waals surface area contributed by atoms with Gasteiger partial charge in [-0.3, -0.25) is 0 Å². The molecule has 36 heavy (non-hydrogen) atoms. The Morgan fingerprint density at radius 1 is 0.917 bits per heavy atom. The Kier molecular flexibility index (Phi) is 9.52. The summed E-state index contributed by atoms with van der Waals surface area (Å²) in [5.41, 5.74) is -0.882. The molecule has 0 aromatic heterocycles.